The van der Waals surface area contributed by atoms with Crippen LogP contribution in [-0.2, 0) is 4.79 Å². The Labute approximate surface area is 184 Å². The monoisotopic (exact) mass is 421 g/mol. The van der Waals surface area contributed by atoms with Crippen LogP contribution in [0.2, 0.25) is 5.02 Å². The zero-order valence-corrected chi connectivity index (χ0v) is 19.0. The van der Waals surface area contributed by atoms with Crippen molar-refractivity contribution in [3.05, 3.63) is 63.7 Å². The van der Waals surface area contributed by atoms with E-state index in [1.165, 1.54) is 11.3 Å². The fraction of sp³-hybridized carbons (Fsp3) is 0.360. The Hall–Kier alpha value is -2.77. The molecule has 1 aliphatic rings. The first-order chi connectivity index (χ1) is 14.2. The van der Waals surface area contributed by atoms with Crippen LogP contribution >= 0.6 is 11.6 Å². The second kappa shape index (κ2) is 8.53. The molecule has 0 bridgehead atoms. The average Bonchev–Trinajstić information content (AvgIpc) is 2.68. The number of rotatable bonds is 4. The van der Waals surface area contributed by atoms with Crippen LogP contribution in [0.25, 0.3) is 6.08 Å². The Bertz CT molecular complexity index is 1050. The van der Waals surface area contributed by atoms with Crippen LogP contribution in [0.1, 0.15) is 56.7 Å². The highest BCUT2D eigenvalue weighted by Crippen LogP contribution is 2.44. The molecule has 1 aliphatic heterocycles. The minimum Gasteiger partial charge on any atom is -0.366 e. The van der Waals surface area contributed by atoms with Gasteiger partial charge in [-0.15, -0.1) is 0 Å². The lowest BCUT2D eigenvalue weighted by atomic mass is 9.79. The van der Waals surface area contributed by atoms with E-state index in [2.05, 4.69) is 50.0 Å². The van der Waals surface area contributed by atoms with Gasteiger partial charge in [0.05, 0.1) is 10.7 Å². The van der Waals surface area contributed by atoms with Gasteiger partial charge in [-0.25, -0.2) is 0 Å². The standard InChI is InChI=1S/C25H28ClN3O/c1-6-29-23-11-16(2)18(13-20(23)17(3)14-25(29,4)5)12-19(15-27)24(30)28-22-10-8-7-9-21(22)26/h7-13,17H,6,14H2,1-5H3,(H,28,30)/b19-12-. The van der Waals surface area contributed by atoms with E-state index >= 15 is 0 Å². The Morgan fingerprint density at radius 1 is 1.37 bits per heavy atom. The molecule has 1 amide bonds. The van der Waals surface area contributed by atoms with Crippen molar-refractivity contribution in [2.45, 2.75) is 52.5 Å². The van der Waals surface area contributed by atoms with Crippen LogP contribution in [0.15, 0.2) is 42.0 Å². The molecule has 2 aromatic rings. The van der Waals surface area contributed by atoms with E-state index < -0.39 is 5.91 Å². The maximum absolute atomic E-state index is 12.7. The van der Waals surface area contributed by atoms with E-state index in [4.69, 9.17) is 11.6 Å². The molecule has 0 saturated carbocycles. The molecule has 30 heavy (non-hydrogen) atoms. The molecule has 1 heterocycles. The molecule has 2 aromatic carbocycles. The second-order valence-electron chi connectivity index (χ2n) is 8.53. The molecule has 0 fully saturated rings. The fourth-order valence-electron chi connectivity index (χ4n) is 4.46. The van der Waals surface area contributed by atoms with Gasteiger partial charge in [-0.05, 0) is 87.1 Å². The van der Waals surface area contributed by atoms with Crippen molar-refractivity contribution in [3.8, 4) is 6.07 Å². The van der Waals surface area contributed by atoms with E-state index in [1.54, 1.807) is 30.3 Å². The van der Waals surface area contributed by atoms with Gasteiger partial charge in [0.1, 0.15) is 11.6 Å². The molecule has 3 rings (SSSR count). The quantitative estimate of drug-likeness (QED) is 0.465. The number of hydrogen-bond donors (Lipinski definition) is 1. The van der Waals surface area contributed by atoms with Gasteiger partial charge >= 0.3 is 0 Å². The number of nitriles is 1. The summed E-state index contributed by atoms with van der Waals surface area (Å²) >= 11 is 6.13. The first-order valence-electron chi connectivity index (χ1n) is 10.3. The van der Waals surface area contributed by atoms with Crippen molar-refractivity contribution in [2.24, 2.45) is 0 Å². The number of nitrogens with one attached hydrogen (secondary N) is 1. The number of fused-ring (bicyclic) bond motifs is 1. The number of nitrogens with zero attached hydrogens (tertiary/aromatic N) is 2. The van der Waals surface area contributed by atoms with Gasteiger partial charge in [-0.2, -0.15) is 5.26 Å². The normalized spacial score (nSPS) is 17.8. The summed E-state index contributed by atoms with van der Waals surface area (Å²) in [6, 6.07) is 13.3. The molecule has 0 aliphatic carbocycles. The van der Waals surface area contributed by atoms with Crippen molar-refractivity contribution in [1.82, 2.24) is 0 Å². The fourth-order valence-corrected chi connectivity index (χ4v) is 4.64. The summed E-state index contributed by atoms with van der Waals surface area (Å²) in [6.07, 6.45) is 2.72. The minimum atomic E-state index is -0.466. The maximum Gasteiger partial charge on any atom is 0.266 e. The zero-order chi connectivity index (χ0) is 22.1. The summed E-state index contributed by atoms with van der Waals surface area (Å²) < 4.78 is 0. The number of aryl methyl sites for hydroxylation is 1. The number of anilines is 2. The highest BCUT2D eigenvalue weighted by atomic mass is 35.5. The second-order valence-corrected chi connectivity index (χ2v) is 8.94. The van der Waals surface area contributed by atoms with Crippen LogP contribution < -0.4 is 10.2 Å². The zero-order valence-electron chi connectivity index (χ0n) is 18.2. The number of hydrogen-bond acceptors (Lipinski definition) is 3. The van der Waals surface area contributed by atoms with Gasteiger partial charge in [0.2, 0.25) is 0 Å². The molecule has 0 radical (unpaired) electrons. The summed E-state index contributed by atoms with van der Waals surface area (Å²) in [5, 5.41) is 12.8. The Morgan fingerprint density at radius 3 is 2.70 bits per heavy atom. The summed E-state index contributed by atoms with van der Waals surface area (Å²) in [4.78, 5) is 15.1. The molecular weight excluding hydrogens is 394 g/mol. The van der Waals surface area contributed by atoms with Crippen LogP contribution in [0, 0.1) is 18.3 Å². The average molecular weight is 422 g/mol. The molecule has 1 atom stereocenters. The third-order valence-electron chi connectivity index (χ3n) is 5.88. The van der Waals surface area contributed by atoms with E-state index in [0.29, 0.717) is 16.6 Å². The summed E-state index contributed by atoms with van der Waals surface area (Å²) in [7, 11) is 0. The van der Waals surface area contributed by atoms with Crippen LogP contribution in [0.3, 0.4) is 0 Å². The number of halogens is 1. The minimum absolute atomic E-state index is 0.0501. The lowest BCUT2D eigenvalue weighted by Crippen LogP contribution is -2.48. The number of para-hydroxylation sites is 1. The maximum atomic E-state index is 12.7. The van der Waals surface area contributed by atoms with Gasteiger partial charge in [-0.3, -0.25) is 4.79 Å². The largest absolute Gasteiger partial charge is 0.366 e. The van der Waals surface area contributed by atoms with Crippen molar-refractivity contribution >= 4 is 35.0 Å². The van der Waals surface area contributed by atoms with Crippen molar-refractivity contribution in [3.63, 3.8) is 0 Å². The van der Waals surface area contributed by atoms with E-state index in [0.717, 1.165) is 24.1 Å². The van der Waals surface area contributed by atoms with Crippen LogP contribution in [0.4, 0.5) is 11.4 Å². The molecule has 0 spiro atoms. The van der Waals surface area contributed by atoms with Gasteiger partial charge in [0.25, 0.3) is 5.91 Å². The highest BCUT2D eigenvalue weighted by molar-refractivity contribution is 6.34. The lowest BCUT2D eigenvalue weighted by Gasteiger charge is -2.47. The number of amides is 1. The predicted octanol–water partition coefficient (Wildman–Crippen LogP) is 6.31. The van der Waals surface area contributed by atoms with E-state index in [9.17, 15) is 10.1 Å². The van der Waals surface area contributed by atoms with Gasteiger partial charge in [-0.1, -0.05) is 30.7 Å². The van der Waals surface area contributed by atoms with E-state index in [-0.39, 0.29) is 11.1 Å². The predicted molar refractivity (Wildman–Crippen MR) is 125 cm³/mol. The van der Waals surface area contributed by atoms with Crippen molar-refractivity contribution in [1.29, 1.82) is 5.26 Å². The summed E-state index contributed by atoms with van der Waals surface area (Å²) in [5.74, 6) is -0.0693. The number of benzene rings is 2. The molecule has 1 N–H and O–H groups in total. The molecular formula is C25H28ClN3O. The summed E-state index contributed by atoms with van der Waals surface area (Å²) in [5.41, 5.74) is 5.07. The molecule has 5 heteroatoms. The van der Waals surface area contributed by atoms with Crippen molar-refractivity contribution in [2.75, 3.05) is 16.8 Å². The summed E-state index contributed by atoms with van der Waals surface area (Å²) in [6.45, 7) is 11.9. The third-order valence-corrected chi connectivity index (χ3v) is 6.21. The Morgan fingerprint density at radius 2 is 2.07 bits per heavy atom. The molecule has 0 saturated heterocycles. The lowest BCUT2D eigenvalue weighted by molar-refractivity contribution is -0.112. The van der Waals surface area contributed by atoms with Crippen LogP contribution in [-0.4, -0.2) is 18.0 Å². The van der Waals surface area contributed by atoms with Gasteiger partial charge in [0.15, 0.2) is 0 Å². The molecule has 1 unspecified atom stereocenters. The number of carbonyl (C=O) groups is 1. The third kappa shape index (κ3) is 4.22. The van der Waals surface area contributed by atoms with Gasteiger partial charge < -0.3 is 10.2 Å². The SMILES string of the molecule is CCN1c2cc(C)c(/C=C(/C#N)C(=O)Nc3ccccc3Cl)cc2C(C)CC1(C)C. The molecule has 156 valence electrons. The first kappa shape index (κ1) is 21.9. The number of carbonyl (C=O) groups excluding carboxylic acids is 1. The topological polar surface area (TPSA) is 56.1 Å². The highest BCUT2D eigenvalue weighted by Gasteiger charge is 2.35. The molecule has 0 aromatic heterocycles. The smallest absolute Gasteiger partial charge is 0.266 e. The Kier molecular flexibility index (Phi) is 6.24. The van der Waals surface area contributed by atoms with Crippen LogP contribution in [0.5, 0.6) is 0 Å². The first-order valence-corrected chi connectivity index (χ1v) is 10.7. The van der Waals surface area contributed by atoms with Gasteiger partial charge in [0, 0.05) is 17.8 Å². The van der Waals surface area contributed by atoms with E-state index in [1.807, 2.05) is 13.0 Å². The van der Waals surface area contributed by atoms with Crippen molar-refractivity contribution < 1.29 is 4.79 Å². The Balaban J connectivity index is 1.98. The molecule has 4 nitrogen and oxygen atoms in total.